The number of nitrogens with two attached hydrogens (primary N) is 2. The third kappa shape index (κ3) is 1.41. The van der Waals surface area contributed by atoms with Gasteiger partial charge in [-0.05, 0) is 37.9 Å². The summed E-state index contributed by atoms with van der Waals surface area (Å²) in [6.07, 6.45) is 0. The van der Waals surface area contributed by atoms with Crippen LogP contribution in [-0.2, 0) is 0 Å². The molecule has 1 aromatic heterocycles. The van der Waals surface area contributed by atoms with Gasteiger partial charge in [0.2, 0.25) is 0 Å². The van der Waals surface area contributed by atoms with Gasteiger partial charge < -0.3 is 11.5 Å². The Morgan fingerprint density at radius 3 is 2.40 bits per heavy atom. The van der Waals surface area contributed by atoms with E-state index >= 15 is 0 Å². The molecule has 0 atom stereocenters. The zero-order valence-corrected chi connectivity index (χ0v) is 8.11. The maximum Gasteiger partial charge on any atom is 0.132 e. The van der Waals surface area contributed by atoms with E-state index in [1.807, 2.05) is 0 Å². The molecule has 0 saturated carbocycles. The highest BCUT2D eigenvalue weighted by Gasteiger charge is 2.01. The molecule has 3 nitrogen and oxygen atoms in total. The summed E-state index contributed by atoms with van der Waals surface area (Å²) in [5.41, 5.74) is 12.0. The van der Waals surface area contributed by atoms with Crippen molar-refractivity contribution in [3.63, 3.8) is 0 Å². The number of hydrogen-bond donors (Lipinski definition) is 2. The minimum atomic E-state index is 0.475. The molecule has 0 aliphatic heterocycles. The Kier molecular flexibility index (Phi) is 2.15. The summed E-state index contributed by atoms with van der Waals surface area (Å²) in [6.45, 7) is 0. The van der Waals surface area contributed by atoms with E-state index in [1.165, 1.54) is 0 Å². The molecule has 0 saturated heterocycles. The van der Waals surface area contributed by atoms with Crippen molar-refractivity contribution in [2.24, 2.45) is 0 Å². The van der Waals surface area contributed by atoms with Gasteiger partial charge in [-0.2, -0.15) is 0 Å². The first-order chi connectivity index (χ1) is 4.61. The number of hydrogen-bond acceptors (Lipinski definition) is 3. The monoisotopic (exact) mass is 265 g/mol. The highest BCUT2D eigenvalue weighted by atomic mass is 79.9. The first kappa shape index (κ1) is 7.81. The molecule has 10 heavy (non-hydrogen) atoms. The van der Waals surface area contributed by atoms with E-state index in [1.54, 1.807) is 6.07 Å². The van der Waals surface area contributed by atoms with Crippen LogP contribution in [0.1, 0.15) is 0 Å². The topological polar surface area (TPSA) is 64.9 Å². The normalized spacial score (nSPS) is 9.80. The van der Waals surface area contributed by atoms with Crippen molar-refractivity contribution in [3.8, 4) is 0 Å². The minimum absolute atomic E-state index is 0.475. The maximum absolute atomic E-state index is 5.50. The van der Waals surface area contributed by atoms with E-state index in [4.69, 9.17) is 11.5 Å². The minimum Gasteiger partial charge on any atom is -0.397 e. The fourth-order valence-electron chi connectivity index (χ4n) is 0.511. The summed E-state index contributed by atoms with van der Waals surface area (Å²) in [5, 5.41) is 0. The summed E-state index contributed by atoms with van der Waals surface area (Å²) in [7, 11) is 0. The zero-order chi connectivity index (χ0) is 7.72. The summed E-state index contributed by atoms with van der Waals surface area (Å²) < 4.78 is 1.24. The van der Waals surface area contributed by atoms with Crippen molar-refractivity contribution in [1.82, 2.24) is 4.98 Å². The van der Waals surface area contributed by atoms with Crippen LogP contribution in [-0.4, -0.2) is 4.98 Å². The molecule has 0 radical (unpaired) electrons. The van der Waals surface area contributed by atoms with Gasteiger partial charge in [-0.3, -0.25) is 0 Å². The molecule has 0 aliphatic rings. The van der Waals surface area contributed by atoms with Crippen molar-refractivity contribution in [2.45, 2.75) is 0 Å². The second kappa shape index (κ2) is 2.75. The smallest absolute Gasteiger partial charge is 0.132 e. The van der Waals surface area contributed by atoms with Gasteiger partial charge in [0.25, 0.3) is 0 Å². The average molecular weight is 267 g/mol. The van der Waals surface area contributed by atoms with Crippen molar-refractivity contribution >= 4 is 43.2 Å². The highest BCUT2D eigenvalue weighted by Crippen LogP contribution is 2.25. The van der Waals surface area contributed by atoms with Crippen LogP contribution in [0.4, 0.5) is 11.4 Å². The number of pyridine rings is 1. The highest BCUT2D eigenvalue weighted by molar-refractivity contribution is 9.11. The fraction of sp³-hybridized carbons (Fsp3) is 0. The SMILES string of the molecule is Nc1cc(Br)nc(Br)c1N. The molecule has 1 heterocycles. The van der Waals surface area contributed by atoms with E-state index in [9.17, 15) is 0 Å². The van der Waals surface area contributed by atoms with Gasteiger partial charge >= 0.3 is 0 Å². The van der Waals surface area contributed by atoms with Gasteiger partial charge in [0, 0.05) is 0 Å². The van der Waals surface area contributed by atoms with Crippen LogP contribution >= 0.6 is 31.9 Å². The van der Waals surface area contributed by atoms with Crippen molar-refractivity contribution in [2.75, 3.05) is 11.5 Å². The molecule has 1 rings (SSSR count). The Morgan fingerprint density at radius 2 is 1.90 bits per heavy atom. The molecule has 0 amide bonds. The van der Waals surface area contributed by atoms with Crippen LogP contribution in [0.2, 0.25) is 0 Å². The summed E-state index contributed by atoms with van der Waals surface area (Å²) in [4.78, 5) is 3.96. The van der Waals surface area contributed by atoms with Crippen molar-refractivity contribution in [3.05, 3.63) is 15.3 Å². The molecule has 0 aromatic carbocycles. The van der Waals surface area contributed by atoms with E-state index < -0.39 is 0 Å². The van der Waals surface area contributed by atoms with E-state index in [-0.39, 0.29) is 0 Å². The molecular formula is C5H5Br2N3. The molecule has 5 heteroatoms. The van der Waals surface area contributed by atoms with Crippen LogP contribution in [0.5, 0.6) is 0 Å². The van der Waals surface area contributed by atoms with Gasteiger partial charge in [0.05, 0.1) is 11.4 Å². The number of nitrogens with zero attached hydrogens (tertiary/aromatic N) is 1. The summed E-state index contributed by atoms with van der Waals surface area (Å²) in [5.74, 6) is 0. The van der Waals surface area contributed by atoms with E-state index in [0.29, 0.717) is 20.6 Å². The number of aromatic nitrogens is 1. The zero-order valence-electron chi connectivity index (χ0n) is 4.94. The van der Waals surface area contributed by atoms with Gasteiger partial charge in [-0.25, -0.2) is 4.98 Å². The largest absolute Gasteiger partial charge is 0.397 e. The maximum atomic E-state index is 5.50. The lowest BCUT2D eigenvalue weighted by Crippen LogP contribution is -1.97. The Bertz CT molecular complexity index is 238. The van der Waals surface area contributed by atoms with Crippen molar-refractivity contribution < 1.29 is 0 Å². The lowest BCUT2D eigenvalue weighted by Gasteiger charge is -2.01. The third-order valence-corrected chi connectivity index (χ3v) is 2.02. The van der Waals surface area contributed by atoms with E-state index in [0.717, 1.165) is 0 Å². The van der Waals surface area contributed by atoms with E-state index in [2.05, 4.69) is 36.8 Å². The van der Waals surface area contributed by atoms with Gasteiger partial charge in [0.1, 0.15) is 9.21 Å². The third-order valence-electron chi connectivity index (χ3n) is 1.01. The molecule has 0 spiro atoms. The number of rotatable bonds is 0. The standard InChI is InChI=1S/C5H5Br2N3/c6-3-1-2(8)4(9)5(7)10-3/h1H,9H2,(H2,8,10). The predicted octanol–water partition coefficient (Wildman–Crippen LogP) is 1.77. The molecule has 4 N–H and O–H groups in total. The molecular weight excluding hydrogens is 262 g/mol. The Labute approximate surface area is 75.1 Å². The van der Waals surface area contributed by atoms with Crippen LogP contribution in [0, 0.1) is 0 Å². The molecule has 0 bridgehead atoms. The first-order valence-corrected chi connectivity index (χ1v) is 4.07. The quantitative estimate of drug-likeness (QED) is 0.704. The molecule has 0 fully saturated rings. The Hall–Kier alpha value is -0.290. The Morgan fingerprint density at radius 1 is 1.30 bits per heavy atom. The summed E-state index contributed by atoms with van der Waals surface area (Å²) >= 11 is 6.32. The second-order valence-corrected chi connectivity index (χ2v) is 3.30. The number of anilines is 2. The number of halogens is 2. The van der Waals surface area contributed by atoms with Gasteiger partial charge in [-0.1, -0.05) is 0 Å². The predicted molar refractivity (Wildman–Crippen MR) is 48.5 cm³/mol. The Balaban J connectivity index is 3.31. The van der Waals surface area contributed by atoms with Gasteiger partial charge in [0.15, 0.2) is 0 Å². The van der Waals surface area contributed by atoms with Crippen LogP contribution in [0.25, 0.3) is 0 Å². The number of nitrogen functional groups attached to an aromatic ring is 2. The van der Waals surface area contributed by atoms with Crippen LogP contribution < -0.4 is 11.5 Å². The molecule has 0 unspecified atom stereocenters. The fourth-order valence-corrected chi connectivity index (χ4v) is 1.59. The van der Waals surface area contributed by atoms with Crippen molar-refractivity contribution in [1.29, 1.82) is 0 Å². The second-order valence-electron chi connectivity index (χ2n) is 1.74. The van der Waals surface area contributed by atoms with Crippen LogP contribution in [0.3, 0.4) is 0 Å². The molecule has 1 aromatic rings. The first-order valence-electron chi connectivity index (χ1n) is 2.48. The molecule has 0 aliphatic carbocycles. The van der Waals surface area contributed by atoms with Gasteiger partial charge in [-0.15, -0.1) is 0 Å². The average Bonchev–Trinajstić information content (AvgIpc) is 1.82. The lowest BCUT2D eigenvalue weighted by molar-refractivity contribution is 1.24. The lowest BCUT2D eigenvalue weighted by atomic mass is 10.4. The van der Waals surface area contributed by atoms with Crippen LogP contribution in [0.15, 0.2) is 15.3 Å². The molecule has 54 valence electrons. The summed E-state index contributed by atoms with van der Waals surface area (Å²) in [6, 6.07) is 1.65.